The highest BCUT2D eigenvalue weighted by Crippen LogP contribution is 2.51. The smallest absolute Gasteiger partial charge is 0.0616 e. The summed E-state index contributed by atoms with van der Waals surface area (Å²) < 4.78 is 0. The Morgan fingerprint density at radius 1 is 0.857 bits per heavy atom. The van der Waals surface area contributed by atoms with Crippen LogP contribution in [0.5, 0.6) is 0 Å². The van der Waals surface area contributed by atoms with Crippen molar-refractivity contribution in [3.8, 4) is 0 Å². The number of hydrogen-bond acceptors (Lipinski definition) is 2. The number of hydrogen-bond donors (Lipinski definition) is 2. The van der Waals surface area contributed by atoms with Gasteiger partial charge in [-0.15, -0.1) is 0 Å². The number of nitrogens with two attached hydrogens (primary N) is 1. The molecule has 0 aromatic carbocycles. The molecule has 82 valence electrons. The molecule has 0 aromatic heterocycles. The molecule has 2 fully saturated rings. The average Bonchev–Trinajstić information content (AvgIpc) is 2.24. The van der Waals surface area contributed by atoms with E-state index in [0.29, 0.717) is 0 Å². The molecule has 0 bridgehead atoms. The first kappa shape index (κ1) is 10.4. The molecule has 0 aliphatic heterocycles. The van der Waals surface area contributed by atoms with E-state index in [9.17, 15) is 5.11 Å². The van der Waals surface area contributed by atoms with E-state index in [0.717, 1.165) is 6.42 Å². The Bertz CT molecular complexity index is 190. The van der Waals surface area contributed by atoms with Crippen LogP contribution in [0.25, 0.3) is 0 Å². The molecule has 3 N–H and O–H groups in total. The van der Waals surface area contributed by atoms with Gasteiger partial charge < -0.3 is 10.8 Å². The van der Waals surface area contributed by atoms with Crippen LogP contribution in [-0.2, 0) is 0 Å². The third-order valence-corrected chi connectivity index (χ3v) is 4.68. The summed E-state index contributed by atoms with van der Waals surface area (Å²) in [5.41, 5.74) is 6.45. The first-order valence-corrected chi connectivity index (χ1v) is 6.12. The number of aliphatic hydroxyl groups excluding tert-OH is 1. The molecule has 0 heterocycles. The van der Waals surface area contributed by atoms with E-state index in [2.05, 4.69) is 0 Å². The third-order valence-electron chi connectivity index (χ3n) is 4.68. The summed E-state index contributed by atoms with van der Waals surface area (Å²) >= 11 is 0. The molecule has 2 aliphatic carbocycles. The standard InChI is InChI=1S/C12H23NO/c13-12(10-14)9-5-4-8-11(12)6-2-1-3-7-11/h14H,1-10,13H2. The van der Waals surface area contributed by atoms with Gasteiger partial charge in [-0.25, -0.2) is 0 Å². The van der Waals surface area contributed by atoms with E-state index in [4.69, 9.17) is 5.73 Å². The topological polar surface area (TPSA) is 46.2 Å². The highest BCUT2D eigenvalue weighted by molar-refractivity contribution is 5.05. The fourth-order valence-corrected chi connectivity index (χ4v) is 3.64. The van der Waals surface area contributed by atoms with Gasteiger partial charge in [0.2, 0.25) is 0 Å². The van der Waals surface area contributed by atoms with Gasteiger partial charge >= 0.3 is 0 Å². The van der Waals surface area contributed by atoms with Crippen molar-refractivity contribution in [1.29, 1.82) is 0 Å². The molecule has 0 aromatic rings. The fourth-order valence-electron chi connectivity index (χ4n) is 3.64. The molecule has 2 saturated carbocycles. The molecule has 2 nitrogen and oxygen atoms in total. The predicted octanol–water partition coefficient (Wildman–Crippen LogP) is 2.20. The molecule has 1 atom stereocenters. The fraction of sp³-hybridized carbons (Fsp3) is 1.00. The Morgan fingerprint density at radius 2 is 1.36 bits per heavy atom. The van der Waals surface area contributed by atoms with E-state index < -0.39 is 0 Å². The minimum absolute atomic E-state index is 0.188. The van der Waals surface area contributed by atoms with E-state index >= 15 is 0 Å². The lowest BCUT2D eigenvalue weighted by molar-refractivity contribution is -0.0143. The van der Waals surface area contributed by atoms with Crippen molar-refractivity contribution in [2.45, 2.75) is 63.3 Å². The van der Waals surface area contributed by atoms with Crippen molar-refractivity contribution in [3.63, 3.8) is 0 Å². The van der Waals surface area contributed by atoms with Crippen LogP contribution in [0.1, 0.15) is 57.8 Å². The molecule has 2 rings (SSSR count). The van der Waals surface area contributed by atoms with E-state index in [1.165, 1.54) is 51.4 Å². The highest BCUT2D eigenvalue weighted by atomic mass is 16.3. The largest absolute Gasteiger partial charge is 0.394 e. The quantitative estimate of drug-likeness (QED) is 0.677. The monoisotopic (exact) mass is 197 g/mol. The van der Waals surface area contributed by atoms with E-state index in [1.807, 2.05) is 0 Å². The zero-order valence-corrected chi connectivity index (χ0v) is 9.10. The first-order chi connectivity index (χ1) is 6.72. The molecule has 0 amide bonds. The van der Waals surface area contributed by atoms with Crippen LogP contribution >= 0.6 is 0 Å². The van der Waals surface area contributed by atoms with Gasteiger partial charge in [-0.2, -0.15) is 0 Å². The molecule has 2 aliphatic rings. The maximum absolute atomic E-state index is 9.54. The number of rotatable bonds is 1. The molecule has 0 radical (unpaired) electrons. The second kappa shape index (κ2) is 3.82. The number of aliphatic hydroxyl groups is 1. The van der Waals surface area contributed by atoms with Crippen LogP contribution in [0.3, 0.4) is 0 Å². The minimum Gasteiger partial charge on any atom is -0.394 e. The van der Waals surface area contributed by atoms with Crippen molar-refractivity contribution in [1.82, 2.24) is 0 Å². The van der Waals surface area contributed by atoms with E-state index in [-0.39, 0.29) is 17.6 Å². The van der Waals surface area contributed by atoms with Gasteiger partial charge in [0.15, 0.2) is 0 Å². The molecular weight excluding hydrogens is 174 g/mol. The second-order valence-electron chi connectivity index (χ2n) is 5.36. The Hall–Kier alpha value is -0.0800. The van der Waals surface area contributed by atoms with Crippen LogP contribution in [0.4, 0.5) is 0 Å². The zero-order valence-electron chi connectivity index (χ0n) is 9.10. The van der Waals surface area contributed by atoms with Crippen molar-refractivity contribution >= 4 is 0 Å². The summed E-state index contributed by atoms with van der Waals surface area (Å²) in [7, 11) is 0. The van der Waals surface area contributed by atoms with Crippen molar-refractivity contribution in [2.75, 3.05) is 6.61 Å². The van der Waals surface area contributed by atoms with Gasteiger partial charge in [-0.3, -0.25) is 0 Å². The lowest BCUT2D eigenvalue weighted by atomic mass is 9.56. The molecule has 14 heavy (non-hydrogen) atoms. The molecule has 0 saturated heterocycles. The molecule has 1 spiro atoms. The van der Waals surface area contributed by atoms with Gasteiger partial charge in [0, 0.05) is 5.54 Å². The molecular formula is C12H23NO. The lowest BCUT2D eigenvalue weighted by Crippen LogP contribution is -2.60. The van der Waals surface area contributed by atoms with Crippen molar-refractivity contribution in [2.24, 2.45) is 11.1 Å². The van der Waals surface area contributed by atoms with Gasteiger partial charge in [0.25, 0.3) is 0 Å². The minimum atomic E-state index is -0.258. The maximum atomic E-state index is 9.54. The van der Waals surface area contributed by atoms with Crippen molar-refractivity contribution in [3.05, 3.63) is 0 Å². The van der Waals surface area contributed by atoms with Gasteiger partial charge in [0.1, 0.15) is 0 Å². The summed E-state index contributed by atoms with van der Waals surface area (Å²) in [5.74, 6) is 0. The summed E-state index contributed by atoms with van der Waals surface area (Å²) in [5, 5.41) is 9.54. The van der Waals surface area contributed by atoms with Crippen LogP contribution in [0, 0.1) is 5.41 Å². The lowest BCUT2D eigenvalue weighted by Gasteiger charge is -2.53. The Balaban J connectivity index is 2.19. The summed E-state index contributed by atoms with van der Waals surface area (Å²) in [6.45, 7) is 0.188. The third kappa shape index (κ3) is 1.49. The van der Waals surface area contributed by atoms with Gasteiger partial charge in [0.05, 0.1) is 6.61 Å². The van der Waals surface area contributed by atoms with Crippen molar-refractivity contribution < 1.29 is 5.11 Å². The average molecular weight is 197 g/mol. The highest BCUT2D eigenvalue weighted by Gasteiger charge is 2.49. The maximum Gasteiger partial charge on any atom is 0.0616 e. The zero-order chi connectivity index (χ0) is 10.1. The first-order valence-electron chi connectivity index (χ1n) is 6.12. The Morgan fingerprint density at radius 3 is 1.93 bits per heavy atom. The molecule has 1 unspecified atom stereocenters. The van der Waals surface area contributed by atoms with Crippen LogP contribution < -0.4 is 5.73 Å². The van der Waals surface area contributed by atoms with Gasteiger partial charge in [-0.05, 0) is 31.1 Å². The van der Waals surface area contributed by atoms with Crippen LogP contribution in [0.15, 0.2) is 0 Å². The summed E-state index contributed by atoms with van der Waals surface area (Å²) in [4.78, 5) is 0. The van der Waals surface area contributed by atoms with Crippen LogP contribution in [-0.4, -0.2) is 17.3 Å². The Labute approximate surface area is 86.9 Å². The summed E-state index contributed by atoms with van der Waals surface area (Å²) in [6, 6.07) is 0. The van der Waals surface area contributed by atoms with Crippen LogP contribution in [0.2, 0.25) is 0 Å². The van der Waals surface area contributed by atoms with E-state index in [1.54, 1.807) is 0 Å². The Kier molecular flexibility index (Phi) is 2.85. The molecule has 2 heteroatoms. The second-order valence-corrected chi connectivity index (χ2v) is 5.36. The predicted molar refractivity (Wildman–Crippen MR) is 58.0 cm³/mol. The SMILES string of the molecule is NC1(CO)CCCCC12CCCCC2. The van der Waals surface area contributed by atoms with Gasteiger partial charge in [-0.1, -0.05) is 32.1 Å². The summed E-state index contributed by atoms with van der Waals surface area (Å²) in [6.07, 6.45) is 11.3. The normalized spacial score (nSPS) is 37.3.